The minimum Gasteiger partial charge on any atom is -0.318 e. The zero-order chi connectivity index (χ0) is 14.3. The molecule has 2 amide bonds. The fourth-order valence-corrected chi connectivity index (χ4v) is 3.39. The highest BCUT2D eigenvalue weighted by Crippen LogP contribution is 2.37. The molecule has 0 aromatic heterocycles. The molecule has 0 radical (unpaired) electrons. The molecular weight excluding hydrogens is 248 g/mol. The molecule has 1 saturated heterocycles. The summed E-state index contributed by atoms with van der Waals surface area (Å²) in [5, 5.41) is 0. The Labute approximate surface area is 120 Å². The number of anilines is 1. The van der Waals surface area contributed by atoms with E-state index in [0.717, 1.165) is 12.2 Å². The van der Waals surface area contributed by atoms with Gasteiger partial charge in [-0.2, -0.15) is 0 Å². The standard InChI is InChI=1S/C17H22N2O/c1-12(2)11-18-16-13(3)9-10-15(16)19(17(18)20)14-7-5-4-6-8-14/h4-10,12-13,15-16H,11H2,1-3H3/t13-,15-,16+/m0/s1. The second-order valence-corrected chi connectivity index (χ2v) is 6.26. The molecule has 1 aromatic carbocycles. The number of amides is 2. The van der Waals surface area contributed by atoms with Gasteiger partial charge in [0, 0.05) is 12.2 Å². The van der Waals surface area contributed by atoms with Gasteiger partial charge in [-0.15, -0.1) is 0 Å². The minimum atomic E-state index is 0.149. The normalized spacial score (nSPS) is 28.6. The second-order valence-electron chi connectivity index (χ2n) is 6.26. The van der Waals surface area contributed by atoms with Gasteiger partial charge < -0.3 is 4.90 Å². The Kier molecular flexibility index (Phi) is 3.28. The molecule has 3 heteroatoms. The van der Waals surface area contributed by atoms with E-state index >= 15 is 0 Å². The van der Waals surface area contributed by atoms with Crippen molar-refractivity contribution in [3.8, 4) is 0 Å². The van der Waals surface area contributed by atoms with Crippen molar-refractivity contribution in [2.75, 3.05) is 11.4 Å². The predicted octanol–water partition coefficient (Wildman–Crippen LogP) is 3.53. The molecule has 1 aliphatic heterocycles. The van der Waals surface area contributed by atoms with Crippen molar-refractivity contribution in [2.24, 2.45) is 11.8 Å². The number of hydrogen-bond donors (Lipinski definition) is 0. The highest BCUT2D eigenvalue weighted by atomic mass is 16.2. The third-order valence-electron chi connectivity index (χ3n) is 4.21. The van der Waals surface area contributed by atoms with E-state index in [4.69, 9.17) is 0 Å². The van der Waals surface area contributed by atoms with Crippen LogP contribution in [0.4, 0.5) is 10.5 Å². The zero-order valence-corrected chi connectivity index (χ0v) is 12.4. The maximum Gasteiger partial charge on any atom is 0.325 e. The lowest BCUT2D eigenvalue weighted by molar-refractivity contribution is 0.185. The van der Waals surface area contributed by atoms with Crippen LogP contribution >= 0.6 is 0 Å². The van der Waals surface area contributed by atoms with Crippen molar-refractivity contribution < 1.29 is 4.79 Å². The summed E-state index contributed by atoms with van der Waals surface area (Å²) in [6, 6.07) is 10.6. The summed E-state index contributed by atoms with van der Waals surface area (Å²) in [5.74, 6) is 0.916. The molecule has 0 bridgehead atoms. The Balaban J connectivity index is 1.96. The van der Waals surface area contributed by atoms with Crippen molar-refractivity contribution >= 4 is 11.7 Å². The summed E-state index contributed by atoms with van der Waals surface area (Å²) in [6.45, 7) is 7.37. The first-order valence-electron chi connectivity index (χ1n) is 7.43. The van der Waals surface area contributed by atoms with E-state index in [1.165, 1.54) is 0 Å². The van der Waals surface area contributed by atoms with Crippen LogP contribution in [0.5, 0.6) is 0 Å². The van der Waals surface area contributed by atoms with E-state index in [2.05, 4.69) is 37.8 Å². The van der Waals surface area contributed by atoms with Gasteiger partial charge in [-0.25, -0.2) is 4.79 Å². The van der Waals surface area contributed by atoms with Crippen LogP contribution in [0.3, 0.4) is 0 Å². The molecule has 1 aliphatic carbocycles. The Bertz CT molecular complexity index is 523. The summed E-state index contributed by atoms with van der Waals surface area (Å²) in [7, 11) is 0. The molecule has 1 aromatic rings. The topological polar surface area (TPSA) is 23.6 Å². The number of rotatable bonds is 3. The monoisotopic (exact) mass is 270 g/mol. The summed E-state index contributed by atoms with van der Waals surface area (Å²) >= 11 is 0. The van der Waals surface area contributed by atoms with Crippen molar-refractivity contribution in [2.45, 2.75) is 32.9 Å². The largest absolute Gasteiger partial charge is 0.325 e. The number of para-hydroxylation sites is 1. The number of carbonyl (C=O) groups excluding carboxylic acids is 1. The van der Waals surface area contributed by atoms with Crippen LogP contribution in [0.15, 0.2) is 42.5 Å². The van der Waals surface area contributed by atoms with Gasteiger partial charge in [0.15, 0.2) is 0 Å². The maximum absolute atomic E-state index is 12.8. The summed E-state index contributed by atoms with van der Waals surface area (Å²) in [4.78, 5) is 16.8. The van der Waals surface area contributed by atoms with Gasteiger partial charge >= 0.3 is 6.03 Å². The lowest BCUT2D eigenvalue weighted by atomic mass is 10.0. The quantitative estimate of drug-likeness (QED) is 0.771. The Hall–Kier alpha value is -1.77. The molecular formula is C17H22N2O. The van der Waals surface area contributed by atoms with Gasteiger partial charge in [-0.3, -0.25) is 4.90 Å². The molecule has 0 saturated carbocycles. The fourth-order valence-electron chi connectivity index (χ4n) is 3.39. The molecule has 3 nitrogen and oxygen atoms in total. The number of fused-ring (bicyclic) bond motifs is 1. The van der Waals surface area contributed by atoms with Crippen molar-refractivity contribution in [1.82, 2.24) is 4.90 Å². The SMILES string of the molecule is CC(C)CN1C(=O)N(c2ccccc2)[C@H]2C=C[C@H](C)[C@H]21. The minimum absolute atomic E-state index is 0.149. The molecule has 0 unspecified atom stereocenters. The van der Waals surface area contributed by atoms with Crippen LogP contribution in [-0.2, 0) is 0 Å². The van der Waals surface area contributed by atoms with Crippen LogP contribution in [0.25, 0.3) is 0 Å². The Morgan fingerprint density at radius 2 is 1.85 bits per heavy atom. The van der Waals surface area contributed by atoms with Crippen LogP contribution in [-0.4, -0.2) is 29.6 Å². The third-order valence-corrected chi connectivity index (χ3v) is 4.21. The number of hydrogen-bond acceptors (Lipinski definition) is 1. The van der Waals surface area contributed by atoms with Crippen LogP contribution in [0.2, 0.25) is 0 Å². The van der Waals surface area contributed by atoms with E-state index in [1.807, 2.05) is 35.2 Å². The average Bonchev–Trinajstić information content (AvgIpc) is 2.91. The summed E-state index contributed by atoms with van der Waals surface area (Å²) in [6.07, 6.45) is 4.44. The highest BCUT2D eigenvalue weighted by Gasteiger charge is 2.49. The molecule has 2 aliphatic rings. The van der Waals surface area contributed by atoms with Gasteiger partial charge in [-0.05, 0) is 24.0 Å². The molecule has 3 atom stereocenters. The molecule has 106 valence electrons. The Morgan fingerprint density at radius 3 is 2.50 bits per heavy atom. The first kappa shape index (κ1) is 13.2. The van der Waals surface area contributed by atoms with Crippen LogP contribution < -0.4 is 4.90 Å². The van der Waals surface area contributed by atoms with E-state index in [-0.39, 0.29) is 18.1 Å². The molecule has 20 heavy (non-hydrogen) atoms. The first-order chi connectivity index (χ1) is 9.59. The van der Waals surface area contributed by atoms with Gasteiger partial charge in [0.1, 0.15) is 0 Å². The van der Waals surface area contributed by atoms with Gasteiger partial charge in [0.25, 0.3) is 0 Å². The summed E-state index contributed by atoms with van der Waals surface area (Å²) < 4.78 is 0. The number of carbonyl (C=O) groups is 1. The van der Waals surface area contributed by atoms with Crippen molar-refractivity contribution in [1.29, 1.82) is 0 Å². The molecule has 1 fully saturated rings. The van der Waals surface area contributed by atoms with Gasteiger partial charge in [0.05, 0.1) is 12.1 Å². The van der Waals surface area contributed by atoms with Crippen molar-refractivity contribution in [3.63, 3.8) is 0 Å². The zero-order valence-electron chi connectivity index (χ0n) is 12.4. The van der Waals surface area contributed by atoms with E-state index < -0.39 is 0 Å². The van der Waals surface area contributed by atoms with Crippen LogP contribution in [0, 0.1) is 11.8 Å². The second kappa shape index (κ2) is 4.97. The number of benzene rings is 1. The predicted molar refractivity (Wildman–Crippen MR) is 81.7 cm³/mol. The fraction of sp³-hybridized carbons (Fsp3) is 0.471. The highest BCUT2D eigenvalue weighted by molar-refractivity contribution is 5.96. The molecule has 0 N–H and O–H groups in total. The number of nitrogens with zero attached hydrogens (tertiary/aromatic N) is 2. The van der Waals surface area contributed by atoms with E-state index in [1.54, 1.807) is 0 Å². The smallest absolute Gasteiger partial charge is 0.318 e. The maximum atomic E-state index is 12.8. The van der Waals surface area contributed by atoms with E-state index in [9.17, 15) is 4.79 Å². The number of urea groups is 1. The van der Waals surface area contributed by atoms with E-state index in [0.29, 0.717) is 11.8 Å². The summed E-state index contributed by atoms with van der Waals surface area (Å²) in [5.41, 5.74) is 0.998. The molecule has 3 rings (SSSR count). The van der Waals surface area contributed by atoms with Crippen molar-refractivity contribution in [3.05, 3.63) is 42.5 Å². The lowest BCUT2D eigenvalue weighted by Gasteiger charge is -2.27. The lowest BCUT2D eigenvalue weighted by Crippen LogP contribution is -2.40. The molecule has 0 spiro atoms. The van der Waals surface area contributed by atoms with Gasteiger partial charge in [0.2, 0.25) is 0 Å². The van der Waals surface area contributed by atoms with Gasteiger partial charge in [-0.1, -0.05) is 51.1 Å². The average molecular weight is 270 g/mol. The van der Waals surface area contributed by atoms with Crippen LogP contribution in [0.1, 0.15) is 20.8 Å². The molecule has 1 heterocycles. The Morgan fingerprint density at radius 1 is 1.15 bits per heavy atom. The third kappa shape index (κ3) is 2.01. The first-order valence-corrected chi connectivity index (χ1v) is 7.43.